The summed E-state index contributed by atoms with van der Waals surface area (Å²) in [4.78, 5) is 22.1. The van der Waals surface area contributed by atoms with Crippen LogP contribution in [0.25, 0.3) is 0 Å². The Hall–Kier alpha value is -3.06. The Morgan fingerprint density at radius 1 is 1.05 bits per heavy atom. The van der Waals surface area contributed by atoms with Crippen molar-refractivity contribution in [2.45, 2.75) is 0 Å². The van der Waals surface area contributed by atoms with E-state index in [-0.39, 0.29) is 5.69 Å². The van der Waals surface area contributed by atoms with Crippen molar-refractivity contribution < 1.29 is 19.5 Å². The average Bonchev–Trinajstić information content (AvgIpc) is 2.53. The fourth-order valence-electron chi connectivity index (χ4n) is 1.66. The van der Waals surface area contributed by atoms with Gasteiger partial charge in [0, 0.05) is 0 Å². The van der Waals surface area contributed by atoms with E-state index in [0.29, 0.717) is 16.6 Å². The van der Waals surface area contributed by atoms with Crippen LogP contribution >= 0.6 is 0 Å². The molecule has 0 heterocycles. The third kappa shape index (κ3) is 4.22. The van der Waals surface area contributed by atoms with Crippen molar-refractivity contribution in [3.05, 3.63) is 54.6 Å². The Labute approximate surface area is 126 Å². The van der Waals surface area contributed by atoms with Crippen LogP contribution in [-0.2, 0) is 4.79 Å². The molecular formula is C15H15N3O4. The number of urea groups is 1. The van der Waals surface area contributed by atoms with Gasteiger partial charge in [-0.1, -0.05) is 18.2 Å². The van der Waals surface area contributed by atoms with Crippen molar-refractivity contribution in [2.75, 3.05) is 11.6 Å². The maximum absolute atomic E-state index is 11.6. The maximum atomic E-state index is 11.6. The van der Waals surface area contributed by atoms with Crippen molar-refractivity contribution >= 4 is 17.6 Å². The van der Waals surface area contributed by atoms with Gasteiger partial charge in [0.25, 0.3) is 5.91 Å². The van der Waals surface area contributed by atoms with E-state index in [9.17, 15) is 14.8 Å². The van der Waals surface area contributed by atoms with Crippen LogP contribution in [0.3, 0.4) is 0 Å². The molecule has 2 aromatic carbocycles. The number of hydrogen-bond acceptors (Lipinski definition) is 4. The number of benzene rings is 2. The van der Waals surface area contributed by atoms with Gasteiger partial charge in [0.1, 0.15) is 18.0 Å². The standard InChI is InChI=1S/C15H15N3O4/c16-15(20)17-10-14(19)18(21)11-6-8-13(9-7-11)22-12-4-2-1-3-5-12/h1-9,21H,10H2,(H3,16,17,20). The van der Waals surface area contributed by atoms with Crippen molar-refractivity contribution in [3.63, 3.8) is 0 Å². The Kier molecular flexibility index (Phi) is 4.94. The first-order valence-corrected chi connectivity index (χ1v) is 6.44. The van der Waals surface area contributed by atoms with Crippen LogP contribution in [0, 0.1) is 0 Å². The lowest BCUT2D eigenvalue weighted by Crippen LogP contribution is -2.40. The fourth-order valence-corrected chi connectivity index (χ4v) is 1.66. The number of para-hydroxylation sites is 1. The predicted octanol–water partition coefficient (Wildman–Crippen LogP) is 1.87. The van der Waals surface area contributed by atoms with E-state index in [1.54, 1.807) is 12.1 Å². The van der Waals surface area contributed by atoms with Gasteiger partial charge in [-0.25, -0.2) is 4.79 Å². The van der Waals surface area contributed by atoms with E-state index < -0.39 is 18.5 Å². The second-order valence-corrected chi connectivity index (χ2v) is 4.33. The number of ether oxygens (including phenoxy) is 1. The molecule has 114 valence electrons. The molecule has 0 unspecified atom stereocenters. The summed E-state index contributed by atoms with van der Waals surface area (Å²) >= 11 is 0. The quantitative estimate of drug-likeness (QED) is 0.579. The highest BCUT2D eigenvalue weighted by Gasteiger charge is 2.13. The molecule has 0 bridgehead atoms. The number of amides is 3. The zero-order valence-electron chi connectivity index (χ0n) is 11.6. The Balaban J connectivity index is 1.99. The predicted molar refractivity (Wildman–Crippen MR) is 79.8 cm³/mol. The molecule has 0 atom stereocenters. The van der Waals surface area contributed by atoms with E-state index in [1.165, 1.54) is 12.1 Å². The number of nitrogens with two attached hydrogens (primary N) is 1. The van der Waals surface area contributed by atoms with Crippen molar-refractivity contribution in [1.82, 2.24) is 5.32 Å². The number of rotatable bonds is 5. The molecule has 7 heteroatoms. The van der Waals surface area contributed by atoms with Gasteiger partial charge in [-0.05, 0) is 36.4 Å². The molecule has 0 fully saturated rings. The third-order valence-electron chi connectivity index (χ3n) is 2.71. The van der Waals surface area contributed by atoms with Gasteiger partial charge in [-0.15, -0.1) is 0 Å². The minimum atomic E-state index is -0.839. The second-order valence-electron chi connectivity index (χ2n) is 4.33. The number of hydrogen-bond donors (Lipinski definition) is 3. The highest BCUT2D eigenvalue weighted by Crippen LogP contribution is 2.23. The van der Waals surface area contributed by atoms with Gasteiger partial charge in [0.15, 0.2) is 0 Å². The lowest BCUT2D eigenvalue weighted by atomic mass is 10.3. The van der Waals surface area contributed by atoms with Crippen molar-refractivity contribution in [2.24, 2.45) is 5.73 Å². The van der Waals surface area contributed by atoms with Crippen LogP contribution in [0.15, 0.2) is 54.6 Å². The molecule has 0 aromatic heterocycles. The zero-order chi connectivity index (χ0) is 15.9. The summed E-state index contributed by atoms with van der Waals surface area (Å²) in [5, 5.41) is 12.3. The van der Waals surface area contributed by atoms with Gasteiger partial charge in [-0.2, -0.15) is 5.06 Å². The van der Waals surface area contributed by atoms with Crippen molar-refractivity contribution in [1.29, 1.82) is 0 Å². The summed E-state index contributed by atoms with van der Waals surface area (Å²) in [5.41, 5.74) is 5.10. The summed E-state index contributed by atoms with van der Waals surface area (Å²) in [7, 11) is 0. The molecule has 3 amide bonds. The summed E-state index contributed by atoms with van der Waals surface area (Å²) in [6.07, 6.45) is 0. The summed E-state index contributed by atoms with van der Waals surface area (Å²) in [5.74, 6) is 0.527. The Morgan fingerprint density at radius 2 is 1.64 bits per heavy atom. The SMILES string of the molecule is NC(=O)NCC(=O)N(O)c1ccc(Oc2ccccc2)cc1. The van der Waals surface area contributed by atoms with Crippen LogP contribution in [0.2, 0.25) is 0 Å². The van der Waals surface area contributed by atoms with Crippen LogP contribution in [0.1, 0.15) is 0 Å². The summed E-state index contributed by atoms with van der Waals surface area (Å²) in [6, 6.07) is 14.6. The number of nitrogens with zero attached hydrogens (tertiary/aromatic N) is 1. The molecule has 2 aromatic rings. The molecule has 0 saturated carbocycles. The van der Waals surface area contributed by atoms with Gasteiger partial charge in [0.05, 0.1) is 5.69 Å². The number of hydroxylamine groups is 1. The third-order valence-corrected chi connectivity index (χ3v) is 2.71. The first kappa shape index (κ1) is 15.3. The van der Waals surface area contributed by atoms with E-state index in [4.69, 9.17) is 10.5 Å². The number of anilines is 1. The average molecular weight is 301 g/mol. The number of nitrogens with one attached hydrogen (secondary N) is 1. The number of primary amides is 1. The largest absolute Gasteiger partial charge is 0.457 e. The van der Waals surface area contributed by atoms with Crippen LogP contribution < -0.4 is 20.9 Å². The van der Waals surface area contributed by atoms with Crippen LogP contribution in [0.5, 0.6) is 11.5 Å². The number of carbonyl (C=O) groups is 2. The van der Waals surface area contributed by atoms with Gasteiger partial charge >= 0.3 is 6.03 Å². The molecular weight excluding hydrogens is 286 g/mol. The Bertz CT molecular complexity index is 644. The molecule has 2 rings (SSSR count). The molecule has 0 aliphatic rings. The van der Waals surface area contributed by atoms with E-state index in [0.717, 1.165) is 0 Å². The minimum absolute atomic E-state index is 0.247. The first-order valence-electron chi connectivity index (χ1n) is 6.44. The molecule has 0 spiro atoms. The molecule has 0 aliphatic carbocycles. The van der Waals surface area contributed by atoms with E-state index >= 15 is 0 Å². The molecule has 7 nitrogen and oxygen atoms in total. The van der Waals surface area contributed by atoms with Crippen LogP contribution in [0.4, 0.5) is 10.5 Å². The van der Waals surface area contributed by atoms with Crippen molar-refractivity contribution in [3.8, 4) is 11.5 Å². The van der Waals surface area contributed by atoms with E-state index in [1.807, 2.05) is 30.3 Å². The Morgan fingerprint density at radius 3 is 2.23 bits per heavy atom. The molecule has 4 N–H and O–H groups in total. The summed E-state index contributed by atoms with van der Waals surface area (Å²) < 4.78 is 5.59. The smallest absolute Gasteiger partial charge is 0.312 e. The maximum Gasteiger partial charge on any atom is 0.312 e. The topological polar surface area (TPSA) is 105 Å². The van der Waals surface area contributed by atoms with Gasteiger partial charge in [-0.3, -0.25) is 10.0 Å². The first-order chi connectivity index (χ1) is 10.6. The minimum Gasteiger partial charge on any atom is -0.457 e. The highest BCUT2D eigenvalue weighted by molar-refractivity contribution is 5.94. The van der Waals surface area contributed by atoms with Crippen LogP contribution in [-0.4, -0.2) is 23.7 Å². The molecule has 0 saturated heterocycles. The van der Waals surface area contributed by atoms with Gasteiger partial charge in [0.2, 0.25) is 0 Å². The highest BCUT2D eigenvalue weighted by atomic mass is 16.5. The van der Waals surface area contributed by atoms with Gasteiger partial charge < -0.3 is 15.8 Å². The fraction of sp³-hybridized carbons (Fsp3) is 0.0667. The molecule has 0 radical (unpaired) electrons. The lowest BCUT2D eigenvalue weighted by Gasteiger charge is -2.15. The molecule has 22 heavy (non-hydrogen) atoms. The van der Waals surface area contributed by atoms with E-state index in [2.05, 4.69) is 5.32 Å². The monoisotopic (exact) mass is 301 g/mol. The number of carbonyl (C=O) groups excluding carboxylic acids is 2. The lowest BCUT2D eigenvalue weighted by molar-refractivity contribution is -0.122. The normalized spacial score (nSPS) is 9.86. The zero-order valence-corrected chi connectivity index (χ0v) is 11.6. The summed E-state index contributed by atoms with van der Waals surface area (Å²) in [6.45, 7) is -0.395. The second kappa shape index (κ2) is 7.09. The molecule has 0 aliphatic heterocycles.